The van der Waals surface area contributed by atoms with Crippen LogP contribution in [0.1, 0.15) is 6.42 Å². The van der Waals surface area contributed by atoms with Gasteiger partial charge < -0.3 is 0 Å². The van der Waals surface area contributed by atoms with Crippen LogP contribution in [0.15, 0.2) is 127 Å². The molecule has 1 aromatic heterocycles. The van der Waals surface area contributed by atoms with E-state index in [0.717, 1.165) is 14.6 Å². The van der Waals surface area contributed by atoms with Crippen LogP contribution in [0.4, 0.5) is 0 Å². The fourth-order valence-corrected chi connectivity index (χ4v) is 2.09. The van der Waals surface area contributed by atoms with E-state index in [-0.39, 0.29) is 24.8 Å². The van der Waals surface area contributed by atoms with Crippen LogP contribution >= 0.6 is 33.0 Å². The van der Waals surface area contributed by atoms with E-state index in [1.54, 1.807) is 20.0 Å². The van der Waals surface area contributed by atoms with Gasteiger partial charge in [-0.25, -0.2) is 18.2 Å². The van der Waals surface area contributed by atoms with Gasteiger partial charge in [0.25, 0.3) is 0 Å². The average molecular weight is 514 g/mol. The summed E-state index contributed by atoms with van der Waals surface area (Å²) in [5.41, 5.74) is 0. The van der Waals surface area contributed by atoms with Gasteiger partial charge in [-0.05, 0) is 0 Å². The van der Waals surface area contributed by atoms with E-state index in [4.69, 9.17) is 0 Å². The average Bonchev–Trinajstić information content (AvgIpc) is 3.64. The van der Waals surface area contributed by atoms with Crippen molar-refractivity contribution in [1.29, 1.82) is 0 Å². The molecule has 4 heteroatoms. The zero-order valence-electron chi connectivity index (χ0n) is 17.9. The van der Waals surface area contributed by atoms with Crippen LogP contribution in [0, 0.1) is 30.1 Å². The fourth-order valence-electron chi connectivity index (χ4n) is 1.61. The third-order valence-corrected chi connectivity index (χ3v) is 3.54. The Balaban J connectivity index is -0.000000318. The smallest absolute Gasteiger partial charge is 0.163 e. The summed E-state index contributed by atoms with van der Waals surface area (Å²) in [6.07, 6.45) is 10.0. The molecule has 0 saturated carbocycles. The maximum Gasteiger partial charge on any atom is -0.163 e. The number of hydrogen-bond acceptors (Lipinski definition) is 0. The van der Waals surface area contributed by atoms with Gasteiger partial charge in [0.1, 0.15) is 0 Å². The van der Waals surface area contributed by atoms with Gasteiger partial charge in [0.2, 0.25) is 0 Å². The van der Waals surface area contributed by atoms with Gasteiger partial charge in [-0.2, -0.15) is 133 Å². The predicted molar refractivity (Wildman–Crippen MR) is 144 cm³/mol. The Morgan fingerprint density at radius 1 is 0.594 bits per heavy atom. The largest absolute Gasteiger partial charge is 0.271 e. The van der Waals surface area contributed by atoms with Gasteiger partial charge >= 0.3 is 24.8 Å². The minimum atomic E-state index is 0. The second kappa shape index (κ2) is 33.7. The molecule has 1 unspecified atom stereocenters. The summed E-state index contributed by atoms with van der Waals surface area (Å²) in [5.74, 6) is 5.11. The van der Waals surface area contributed by atoms with Crippen molar-refractivity contribution >= 4 is 37.8 Å². The normalized spacial score (nSPS) is 8.84. The molecule has 5 rings (SSSR count). The minimum absolute atomic E-state index is 0. The Labute approximate surface area is 220 Å². The molecular formula is C28H28Cl2PTi-5. The SMILES string of the molecule is Cl.Cl.[C-]1=CC=CC1.[CH2]=[Ti].[c-]1ccc[pH]1.[c-]1ccccc1.[c-]1ccccc1.[c-]1ccccc1. The molecule has 1 aliphatic carbocycles. The van der Waals surface area contributed by atoms with Crippen molar-refractivity contribution in [2.24, 2.45) is 0 Å². The molecule has 4 aromatic rings. The Hall–Kier alpha value is -1.92. The second-order valence-electron chi connectivity index (χ2n) is 5.05. The topological polar surface area (TPSA) is 0 Å². The summed E-state index contributed by atoms with van der Waals surface area (Å²) in [5, 5.41) is 0. The van der Waals surface area contributed by atoms with Crippen LogP contribution < -0.4 is 0 Å². The van der Waals surface area contributed by atoms with Crippen molar-refractivity contribution in [3.63, 3.8) is 0 Å². The molecule has 0 nitrogen and oxygen atoms in total. The summed E-state index contributed by atoms with van der Waals surface area (Å²) in [6.45, 7) is 0. The van der Waals surface area contributed by atoms with Crippen molar-refractivity contribution < 1.29 is 20.0 Å². The van der Waals surface area contributed by atoms with Crippen LogP contribution in [0.3, 0.4) is 0 Å². The third-order valence-electron chi connectivity index (χ3n) is 2.85. The van der Waals surface area contributed by atoms with E-state index in [1.807, 2.05) is 115 Å². The van der Waals surface area contributed by atoms with Crippen molar-refractivity contribution in [2.45, 2.75) is 6.42 Å². The summed E-state index contributed by atoms with van der Waals surface area (Å²) in [6, 6.07) is 41.5. The van der Waals surface area contributed by atoms with E-state index in [2.05, 4.69) is 46.8 Å². The van der Waals surface area contributed by atoms with Crippen LogP contribution in [0.25, 0.3) is 0 Å². The van der Waals surface area contributed by atoms with Gasteiger partial charge in [0.15, 0.2) is 0 Å². The minimum Gasteiger partial charge on any atom is -0.271 e. The molecule has 0 radical (unpaired) electrons. The van der Waals surface area contributed by atoms with E-state index in [0.29, 0.717) is 0 Å². The first-order valence-corrected chi connectivity index (χ1v) is 11.5. The molecule has 0 fully saturated rings. The molecule has 1 atom stereocenters. The van der Waals surface area contributed by atoms with Crippen molar-refractivity contribution in [3.05, 3.63) is 157 Å². The van der Waals surface area contributed by atoms with Gasteiger partial charge in [0.05, 0.1) is 0 Å². The maximum absolute atomic E-state index is 3.25. The molecular weight excluding hydrogens is 486 g/mol. The molecule has 3 aromatic carbocycles. The molecule has 32 heavy (non-hydrogen) atoms. The maximum atomic E-state index is 3.25. The summed E-state index contributed by atoms with van der Waals surface area (Å²) in [7, 11) is 0.823. The predicted octanol–water partition coefficient (Wildman–Crippen LogP) is 8.09. The Kier molecular flexibility index (Phi) is 36.6. The zero-order chi connectivity index (χ0) is 21.8. The van der Waals surface area contributed by atoms with E-state index >= 15 is 0 Å². The molecule has 0 N–H and O–H groups in total. The number of halogens is 2. The number of allylic oxidation sites excluding steroid dienone is 4. The number of hydrogen-bond donors (Lipinski definition) is 0. The fraction of sp³-hybridized carbons (Fsp3) is 0.0357. The number of rotatable bonds is 0. The number of benzene rings is 3. The molecule has 0 spiro atoms. The van der Waals surface area contributed by atoms with Gasteiger partial charge in [0, 0.05) is 0 Å². The van der Waals surface area contributed by atoms with E-state index < -0.39 is 0 Å². The summed E-state index contributed by atoms with van der Waals surface area (Å²) < 4.78 is 0. The Bertz CT molecular complexity index is 624. The molecule has 168 valence electrons. The first-order valence-electron chi connectivity index (χ1n) is 9.30. The zero-order valence-corrected chi connectivity index (χ0v) is 22.0. The Morgan fingerprint density at radius 3 is 1.12 bits per heavy atom. The molecule has 0 aliphatic heterocycles. The van der Waals surface area contributed by atoms with Crippen LogP contribution in [-0.4, -0.2) is 4.82 Å². The van der Waals surface area contributed by atoms with Crippen LogP contribution in [0.2, 0.25) is 0 Å². The van der Waals surface area contributed by atoms with Crippen molar-refractivity contribution in [2.75, 3.05) is 0 Å². The van der Waals surface area contributed by atoms with Crippen molar-refractivity contribution in [3.8, 4) is 0 Å². The summed E-state index contributed by atoms with van der Waals surface area (Å²) in [4.78, 5) is 3.25. The van der Waals surface area contributed by atoms with Crippen LogP contribution in [0.5, 0.6) is 0 Å². The third kappa shape index (κ3) is 30.3. The first kappa shape index (κ1) is 34.7. The quantitative estimate of drug-likeness (QED) is 0.164. The summed E-state index contributed by atoms with van der Waals surface area (Å²) >= 11 is 1.75. The molecule has 1 aliphatic rings. The van der Waals surface area contributed by atoms with Gasteiger partial charge in [-0.1, -0.05) is 0 Å². The molecule has 1 heterocycles. The first-order chi connectivity index (χ1) is 15.0. The Morgan fingerprint density at radius 2 is 1.03 bits per heavy atom. The molecule has 0 saturated heterocycles. The van der Waals surface area contributed by atoms with Gasteiger partial charge in [-0.3, -0.25) is 14.3 Å². The molecule has 0 bridgehead atoms. The van der Waals surface area contributed by atoms with Crippen LogP contribution in [-0.2, 0) is 20.0 Å². The van der Waals surface area contributed by atoms with E-state index in [1.165, 1.54) is 0 Å². The van der Waals surface area contributed by atoms with Crippen molar-refractivity contribution in [1.82, 2.24) is 0 Å². The second-order valence-corrected chi connectivity index (χ2v) is 5.96. The monoisotopic (exact) mass is 513 g/mol. The van der Waals surface area contributed by atoms with Gasteiger partial charge in [-0.15, -0.1) is 31.2 Å². The molecule has 0 amide bonds. The van der Waals surface area contributed by atoms with E-state index in [9.17, 15) is 0 Å². The standard InChI is InChI=1S/3C6H5.C5H5.C4H4P.CH2.2ClH.Ti/c3*1-2-4-6-5-3-1;2*1-2-4-5-3-1;;;;/h3*1-5H;1-3H,4H2;1-3,5H;1H2;2*1H;/q5*-1;;;;.